The van der Waals surface area contributed by atoms with Gasteiger partial charge in [0, 0.05) is 33.4 Å². The van der Waals surface area contributed by atoms with Gasteiger partial charge in [0.05, 0.1) is 25.5 Å². The third kappa shape index (κ3) is 5.20. The van der Waals surface area contributed by atoms with Crippen molar-refractivity contribution in [3.63, 3.8) is 0 Å². The Morgan fingerprint density at radius 3 is 2.28 bits per heavy atom. The van der Waals surface area contributed by atoms with Crippen molar-refractivity contribution in [1.82, 2.24) is 4.90 Å². The molecule has 8 heteroatoms. The highest BCUT2D eigenvalue weighted by Gasteiger charge is 2.43. The minimum atomic E-state index is -1.29. The van der Waals surface area contributed by atoms with Gasteiger partial charge in [-0.15, -0.1) is 0 Å². The molecule has 7 nitrogen and oxygen atoms in total. The molecule has 192 valence electrons. The van der Waals surface area contributed by atoms with E-state index < -0.39 is 14.1 Å². The number of fused-ring (bicyclic) bond motifs is 2. The fourth-order valence-electron chi connectivity index (χ4n) is 4.54. The molecular formula is C28H36N2O5Si. The largest absolute Gasteiger partial charge is 0.493 e. The molecule has 0 radical (unpaired) electrons. The van der Waals surface area contributed by atoms with Gasteiger partial charge in [0.15, 0.2) is 11.5 Å². The summed E-state index contributed by atoms with van der Waals surface area (Å²) in [6, 6.07) is 12.0. The van der Waals surface area contributed by atoms with Gasteiger partial charge < -0.3 is 19.1 Å². The number of carbonyl (C=O) groups excluding carboxylic acids is 2. The second kappa shape index (κ2) is 10.5. The van der Waals surface area contributed by atoms with Crippen LogP contribution in [0.4, 0.5) is 5.69 Å². The average molecular weight is 509 g/mol. The molecule has 0 aliphatic carbocycles. The highest BCUT2D eigenvalue weighted by atomic mass is 28.3. The number of anilines is 1. The van der Waals surface area contributed by atoms with Crippen molar-refractivity contribution in [2.75, 3.05) is 32.5 Å². The van der Waals surface area contributed by atoms with Gasteiger partial charge in [-0.25, -0.2) is 0 Å². The van der Waals surface area contributed by atoms with Crippen LogP contribution in [0.3, 0.4) is 0 Å². The fourth-order valence-corrected chi connectivity index (χ4v) is 5.30. The van der Waals surface area contributed by atoms with Gasteiger partial charge in [0.2, 0.25) is 0 Å². The van der Waals surface area contributed by atoms with Crippen molar-refractivity contribution in [3.8, 4) is 11.5 Å². The lowest BCUT2D eigenvalue weighted by atomic mass is 10.00. The van der Waals surface area contributed by atoms with E-state index in [2.05, 4.69) is 50.8 Å². The third-order valence-corrected chi connectivity index (χ3v) is 8.51. The van der Waals surface area contributed by atoms with Gasteiger partial charge in [0.25, 0.3) is 11.8 Å². The van der Waals surface area contributed by atoms with Crippen LogP contribution in [0.5, 0.6) is 11.5 Å². The maximum absolute atomic E-state index is 13.9. The second-order valence-electron chi connectivity index (χ2n) is 10.5. The SMILES string of the molecule is CCc1ccc(C2=CN3C(=O)c4cc(OC)c(OC)cc4N(COCC[Si](C)(C)C)C(=O)[C@@H]3C2)cc1. The van der Waals surface area contributed by atoms with Crippen LogP contribution < -0.4 is 14.4 Å². The van der Waals surface area contributed by atoms with Crippen LogP contribution in [0.1, 0.15) is 34.8 Å². The van der Waals surface area contributed by atoms with E-state index in [1.165, 1.54) is 19.8 Å². The van der Waals surface area contributed by atoms with Crippen LogP contribution in [0.2, 0.25) is 25.7 Å². The maximum atomic E-state index is 13.9. The van der Waals surface area contributed by atoms with Crippen molar-refractivity contribution in [2.24, 2.45) is 0 Å². The molecule has 0 saturated carbocycles. The number of benzene rings is 2. The number of hydrogen-bond donors (Lipinski definition) is 0. The van der Waals surface area contributed by atoms with E-state index in [0.717, 1.165) is 23.6 Å². The zero-order valence-electron chi connectivity index (χ0n) is 22.1. The number of ether oxygens (including phenoxy) is 3. The summed E-state index contributed by atoms with van der Waals surface area (Å²) in [6.45, 7) is 9.62. The lowest BCUT2D eigenvalue weighted by Crippen LogP contribution is -2.45. The summed E-state index contributed by atoms with van der Waals surface area (Å²) >= 11 is 0. The van der Waals surface area contributed by atoms with Crippen molar-refractivity contribution in [3.05, 3.63) is 59.3 Å². The summed E-state index contributed by atoms with van der Waals surface area (Å²) < 4.78 is 17.0. The second-order valence-corrected chi connectivity index (χ2v) is 16.1. The van der Waals surface area contributed by atoms with Crippen molar-refractivity contribution in [2.45, 2.75) is 51.5 Å². The first-order valence-corrected chi connectivity index (χ1v) is 16.2. The minimum Gasteiger partial charge on any atom is -0.493 e. The van der Waals surface area contributed by atoms with Gasteiger partial charge in [-0.05, 0) is 35.2 Å². The van der Waals surface area contributed by atoms with Gasteiger partial charge in [-0.3, -0.25) is 14.5 Å². The fraction of sp³-hybridized carbons (Fsp3) is 0.429. The van der Waals surface area contributed by atoms with Crippen LogP contribution >= 0.6 is 0 Å². The summed E-state index contributed by atoms with van der Waals surface area (Å²) in [7, 11) is 1.78. The number of carbonyl (C=O) groups is 2. The van der Waals surface area contributed by atoms with Crippen molar-refractivity contribution < 1.29 is 23.8 Å². The standard InChI is InChI=1S/C28H36N2O5Si/c1-7-19-8-10-20(11-9-19)21-14-24-28(32)30(18-35-12-13-36(4,5)6)23-16-26(34-3)25(33-2)15-22(23)27(31)29(24)17-21/h8-11,15-17,24H,7,12-14,18H2,1-6H3/t24-/m0/s1. The molecule has 4 rings (SSSR count). The molecule has 2 aromatic carbocycles. The molecule has 1 atom stereocenters. The molecule has 0 fully saturated rings. The number of amides is 2. The Hall–Kier alpha value is -3.10. The highest BCUT2D eigenvalue weighted by Crippen LogP contribution is 2.41. The zero-order valence-corrected chi connectivity index (χ0v) is 23.1. The monoisotopic (exact) mass is 508 g/mol. The van der Waals surface area contributed by atoms with Crippen LogP contribution in [-0.4, -0.2) is 58.4 Å². The summed E-state index contributed by atoms with van der Waals surface area (Å²) in [5.74, 6) is 0.486. The smallest absolute Gasteiger partial charge is 0.260 e. The van der Waals surface area contributed by atoms with Crippen LogP contribution in [-0.2, 0) is 16.0 Å². The van der Waals surface area contributed by atoms with Gasteiger partial charge in [-0.1, -0.05) is 50.8 Å². The molecule has 2 aliphatic heterocycles. The molecule has 0 bridgehead atoms. The normalized spacial score (nSPS) is 17.5. The summed E-state index contributed by atoms with van der Waals surface area (Å²) in [4.78, 5) is 30.9. The molecule has 2 aromatic rings. The van der Waals surface area contributed by atoms with Crippen LogP contribution in [0.15, 0.2) is 42.6 Å². The molecule has 36 heavy (non-hydrogen) atoms. The average Bonchev–Trinajstić information content (AvgIpc) is 3.29. The zero-order chi connectivity index (χ0) is 26.0. The molecule has 0 aromatic heterocycles. The predicted octanol–water partition coefficient (Wildman–Crippen LogP) is 5.18. The Bertz CT molecular complexity index is 1170. The van der Waals surface area contributed by atoms with E-state index in [1.807, 2.05) is 6.20 Å². The van der Waals surface area contributed by atoms with E-state index in [4.69, 9.17) is 14.2 Å². The number of hydrogen-bond acceptors (Lipinski definition) is 5. The highest BCUT2D eigenvalue weighted by molar-refractivity contribution is 6.76. The number of methoxy groups -OCH3 is 2. The lowest BCUT2D eigenvalue weighted by molar-refractivity contribution is -0.122. The molecule has 0 spiro atoms. The Morgan fingerprint density at radius 2 is 1.67 bits per heavy atom. The lowest BCUT2D eigenvalue weighted by Gasteiger charge is -2.26. The first kappa shape index (κ1) is 26.0. The van der Waals surface area contributed by atoms with Crippen LogP contribution in [0.25, 0.3) is 5.57 Å². The van der Waals surface area contributed by atoms with E-state index in [1.54, 1.807) is 21.9 Å². The summed E-state index contributed by atoms with van der Waals surface area (Å²) in [6.07, 6.45) is 3.23. The first-order valence-electron chi connectivity index (χ1n) is 12.4. The topological polar surface area (TPSA) is 68.3 Å². The van der Waals surface area contributed by atoms with Crippen molar-refractivity contribution in [1.29, 1.82) is 0 Å². The number of nitrogens with zero attached hydrogens (tertiary/aromatic N) is 2. The Labute approximate surface area is 214 Å². The molecule has 0 N–H and O–H groups in total. The predicted molar refractivity (Wildman–Crippen MR) is 144 cm³/mol. The Balaban J connectivity index is 1.71. The third-order valence-electron chi connectivity index (χ3n) is 6.80. The maximum Gasteiger partial charge on any atom is 0.260 e. The van der Waals surface area contributed by atoms with E-state index in [0.29, 0.717) is 35.8 Å². The number of aryl methyl sites for hydroxylation is 1. The molecular weight excluding hydrogens is 472 g/mol. The minimum absolute atomic E-state index is 0.0734. The van der Waals surface area contributed by atoms with E-state index >= 15 is 0 Å². The van der Waals surface area contributed by atoms with Gasteiger partial charge >= 0.3 is 0 Å². The molecule has 2 amide bonds. The molecule has 2 heterocycles. The first-order chi connectivity index (χ1) is 17.2. The van der Waals surface area contributed by atoms with E-state index in [-0.39, 0.29) is 18.5 Å². The molecule has 0 unspecified atom stereocenters. The Morgan fingerprint density at radius 1 is 1.00 bits per heavy atom. The number of rotatable bonds is 9. The summed E-state index contributed by atoms with van der Waals surface area (Å²) in [5.41, 5.74) is 4.10. The summed E-state index contributed by atoms with van der Waals surface area (Å²) in [5, 5.41) is 0. The Kier molecular flexibility index (Phi) is 7.56. The quantitative estimate of drug-likeness (QED) is 0.345. The van der Waals surface area contributed by atoms with E-state index in [9.17, 15) is 9.59 Å². The molecule has 2 aliphatic rings. The van der Waals surface area contributed by atoms with Gasteiger partial charge in [-0.2, -0.15) is 0 Å². The van der Waals surface area contributed by atoms with Crippen LogP contribution in [0, 0.1) is 0 Å². The van der Waals surface area contributed by atoms with Crippen molar-refractivity contribution >= 4 is 31.1 Å². The van der Waals surface area contributed by atoms with Gasteiger partial charge in [0.1, 0.15) is 12.8 Å². The molecule has 0 saturated heterocycles.